The number of alkyl carbamates (subject to hydrolysis) is 1. The Morgan fingerprint density at radius 2 is 1.83 bits per heavy atom. The highest BCUT2D eigenvalue weighted by Gasteiger charge is 2.44. The van der Waals surface area contributed by atoms with E-state index >= 15 is 0 Å². The molecular weight excluding hydrogens is 466 g/mol. The quantitative estimate of drug-likeness (QED) is 0.393. The summed E-state index contributed by atoms with van der Waals surface area (Å²) >= 11 is 0. The first-order chi connectivity index (χ1) is 16.9. The lowest BCUT2D eigenvalue weighted by molar-refractivity contribution is -0.145. The molecule has 1 fully saturated rings. The predicted molar refractivity (Wildman–Crippen MR) is 133 cm³/mol. The van der Waals surface area contributed by atoms with Crippen LogP contribution >= 0.6 is 0 Å². The number of ether oxygens (including phenoxy) is 2. The topological polar surface area (TPSA) is 134 Å². The van der Waals surface area contributed by atoms with Gasteiger partial charge >= 0.3 is 12.1 Å². The third-order valence-electron chi connectivity index (χ3n) is 5.55. The van der Waals surface area contributed by atoms with Crippen molar-refractivity contribution in [2.75, 3.05) is 19.8 Å². The Morgan fingerprint density at radius 1 is 1.17 bits per heavy atom. The van der Waals surface area contributed by atoms with Gasteiger partial charge in [-0.05, 0) is 65.5 Å². The van der Waals surface area contributed by atoms with Crippen LogP contribution in [-0.2, 0) is 23.9 Å². The van der Waals surface area contributed by atoms with E-state index in [1.54, 1.807) is 33.8 Å². The van der Waals surface area contributed by atoms with Crippen LogP contribution in [0.1, 0.15) is 69.7 Å². The van der Waals surface area contributed by atoms with Crippen LogP contribution < -0.4 is 10.6 Å². The fourth-order valence-corrected chi connectivity index (χ4v) is 3.85. The van der Waals surface area contributed by atoms with Crippen LogP contribution in [0.15, 0.2) is 18.2 Å². The van der Waals surface area contributed by atoms with Gasteiger partial charge in [0.15, 0.2) is 0 Å². The fraction of sp³-hybridized carbons (Fsp3) is 0.615. The highest BCUT2D eigenvalue weighted by molar-refractivity contribution is 5.93. The molecule has 0 bridgehead atoms. The predicted octanol–water partition coefficient (Wildman–Crippen LogP) is 2.29. The van der Waals surface area contributed by atoms with E-state index in [4.69, 9.17) is 9.47 Å². The number of carbonyl (C=O) groups excluding carboxylic acids is 4. The zero-order chi connectivity index (χ0) is 27.0. The second kappa shape index (κ2) is 12.7. The first kappa shape index (κ1) is 29.1. The van der Waals surface area contributed by atoms with Gasteiger partial charge in [-0.2, -0.15) is 0 Å². The SMILES string of the molecule is CCOC(=O)CCNC(=O)C(c1ccc(C)cc1C)N(C(=O)C(CO)NC(=O)OC(C)(C)C)C1CC1. The molecule has 0 spiro atoms. The van der Waals surface area contributed by atoms with Crippen molar-refractivity contribution in [1.29, 1.82) is 0 Å². The Hall–Kier alpha value is -3.14. The molecule has 1 saturated carbocycles. The summed E-state index contributed by atoms with van der Waals surface area (Å²) in [6, 6.07) is 3.06. The number of aryl methyl sites for hydroxylation is 2. The Bertz CT molecular complexity index is 953. The van der Waals surface area contributed by atoms with E-state index in [9.17, 15) is 24.3 Å². The fourth-order valence-electron chi connectivity index (χ4n) is 3.85. The second-order valence-electron chi connectivity index (χ2n) is 9.97. The monoisotopic (exact) mass is 505 g/mol. The summed E-state index contributed by atoms with van der Waals surface area (Å²) in [6.45, 7) is 10.2. The highest BCUT2D eigenvalue weighted by atomic mass is 16.6. The molecule has 1 aromatic rings. The van der Waals surface area contributed by atoms with Gasteiger partial charge in [-0.3, -0.25) is 14.4 Å². The van der Waals surface area contributed by atoms with Crippen molar-refractivity contribution in [1.82, 2.24) is 15.5 Å². The average Bonchev–Trinajstić information content (AvgIpc) is 3.60. The summed E-state index contributed by atoms with van der Waals surface area (Å²) in [6.07, 6.45) is 0.533. The van der Waals surface area contributed by atoms with Crippen LogP contribution in [0.2, 0.25) is 0 Å². The summed E-state index contributed by atoms with van der Waals surface area (Å²) < 4.78 is 10.2. The van der Waals surface area contributed by atoms with Crippen molar-refractivity contribution >= 4 is 23.9 Å². The summed E-state index contributed by atoms with van der Waals surface area (Å²) in [5.41, 5.74) is 1.66. The number of nitrogens with one attached hydrogen (secondary N) is 2. The lowest BCUT2D eigenvalue weighted by Crippen LogP contribution is -2.55. The molecule has 2 unspecified atom stereocenters. The molecule has 0 heterocycles. The number of rotatable bonds is 11. The van der Waals surface area contributed by atoms with E-state index in [2.05, 4.69) is 10.6 Å². The van der Waals surface area contributed by atoms with Gasteiger partial charge in [-0.1, -0.05) is 23.8 Å². The largest absolute Gasteiger partial charge is 0.466 e. The lowest BCUT2D eigenvalue weighted by Gasteiger charge is -2.35. The van der Waals surface area contributed by atoms with E-state index in [0.717, 1.165) is 11.1 Å². The average molecular weight is 506 g/mol. The minimum atomic E-state index is -1.29. The number of amides is 3. The van der Waals surface area contributed by atoms with Gasteiger partial charge in [0.05, 0.1) is 19.6 Å². The molecular formula is C26H39N3O7. The van der Waals surface area contributed by atoms with E-state index in [1.165, 1.54) is 4.90 Å². The number of carbonyl (C=O) groups is 4. The van der Waals surface area contributed by atoms with Crippen molar-refractivity contribution in [3.05, 3.63) is 34.9 Å². The molecule has 1 aromatic carbocycles. The molecule has 0 aliphatic heterocycles. The number of benzene rings is 1. The van der Waals surface area contributed by atoms with Crippen molar-refractivity contribution in [2.45, 2.75) is 84.5 Å². The molecule has 3 amide bonds. The summed E-state index contributed by atoms with van der Waals surface area (Å²) in [5.74, 6) is -1.48. The van der Waals surface area contributed by atoms with Crippen molar-refractivity contribution in [2.24, 2.45) is 0 Å². The molecule has 2 rings (SSSR count). The van der Waals surface area contributed by atoms with Crippen LogP contribution in [0.4, 0.5) is 4.79 Å². The number of nitrogens with zero attached hydrogens (tertiary/aromatic N) is 1. The van der Waals surface area contributed by atoms with Crippen molar-refractivity contribution in [3.63, 3.8) is 0 Å². The van der Waals surface area contributed by atoms with E-state index in [-0.39, 0.29) is 25.6 Å². The molecule has 0 aromatic heterocycles. The maximum absolute atomic E-state index is 13.7. The van der Waals surface area contributed by atoms with E-state index < -0.39 is 48.2 Å². The molecule has 36 heavy (non-hydrogen) atoms. The van der Waals surface area contributed by atoms with Crippen LogP contribution in [-0.4, -0.2) is 71.3 Å². The highest BCUT2D eigenvalue weighted by Crippen LogP contribution is 2.36. The molecule has 2 atom stereocenters. The van der Waals surface area contributed by atoms with Gasteiger partial charge < -0.3 is 30.1 Å². The third-order valence-corrected chi connectivity index (χ3v) is 5.55. The molecule has 1 aliphatic rings. The normalized spacial score (nSPS) is 14.9. The zero-order valence-corrected chi connectivity index (χ0v) is 22.1. The second-order valence-corrected chi connectivity index (χ2v) is 9.97. The maximum atomic E-state index is 13.7. The molecule has 1 aliphatic carbocycles. The first-order valence-electron chi connectivity index (χ1n) is 12.3. The Morgan fingerprint density at radius 3 is 2.36 bits per heavy atom. The Labute approximate surface area is 212 Å². The van der Waals surface area contributed by atoms with Crippen LogP contribution in [0, 0.1) is 13.8 Å². The van der Waals surface area contributed by atoms with Crippen LogP contribution in [0.3, 0.4) is 0 Å². The molecule has 0 radical (unpaired) electrons. The number of hydrogen-bond donors (Lipinski definition) is 3. The molecule has 0 saturated heterocycles. The minimum absolute atomic E-state index is 0.00395. The summed E-state index contributed by atoms with van der Waals surface area (Å²) in [5, 5.41) is 15.1. The molecule has 10 nitrogen and oxygen atoms in total. The summed E-state index contributed by atoms with van der Waals surface area (Å²) in [4.78, 5) is 52.6. The van der Waals surface area contributed by atoms with E-state index in [1.807, 2.05) is 26.0 Å². The number of aliphatic hydroxyl groups excluding tert-OH is 1. The van der Waals surface area contributed by atoms with E-state index in [0.29, 0.717) is 18.4 Å². The van der Waals surface area contributed by atoms with Crippen LogP contribution in [0.5, 0.6) is 0 Å². The number of aliphatic hydroxyl groups is 1. The van der Waals surface area contributed by atoms with Gasteiger partial charge in [0.25, 0.3) is 0 Å². The van der Waals surface area contributed by atoms with Gasteiger partial charge in [0.2, 0.25) is 11.8 Å². The number of hydrogen-bond acceptors (Lipinski definition) is 7. The van der Waals surface area contributed by atoms with Crippen LogP contribution in [0.25, 0.3) is 0 Å². The molecule has 200 valence electrons. The minimum Gasteiger partial charge on any atom is -0.466 e. The molecule has 10 heteroatoms. The standard InChI is InChI=1S/C26H39N3O7/c1-7-35-21(31)12-13-27-23(32)22(19-11-8-16(2)14-17(19)3)29(18-9-10-18)24(33)20(15-30)28-25(34)36-26(4,5)6/h8,11,14,18,20,22,30H,7,9-10,12-13,15H2,1-6H3,(H,27,32)(H,28,34). The zero-order valence-electron chi connectivity index (χ0n) is 22.1. The summed E-state index contributed by atoms with van der Waals surface area (Å²) in [7, 11) is 0. The van der Waals surface area contributed by atoms with Gasteiger partial charge in [0, 0.05) is 12.6 Å². The van der Waals surface area contributed by atoms with Gasteiger partial charge in [0.1, 0.15) is 17.7 Å². The van der Waals surface area contributed by atoms with Gasteiger partial charge in [-0.25, -0.2) is 4.79 Å². The lowest BCUT2D eigenvalue weighted by atomic mass is 9.96. The van der Waals surface area contributed by atoms with Crippen molar-refractivity contribution in [3.8, 4) is 0 Å². The number of esters is 1. The van der Waals surface area contributed by atoms with Crippen molar-refractivity contribution < 1.29 is 33.8 Å². The Balaban J connectivity index is 2.35. The molecule has 3 N–H and O–H groups in total. The maximum Gasteiger partial charge on any atom is 0.408 e. The Kier molecular flexibility index (Phi) is 10.3. The smallest absolute Gasteiger partial charge is 0.408 e. The van der Waals surface area contributed by atoms with Gasteiger partial charge in [-0.15, -0.1) is 0 Å². The first-order valence-corrected chi connectivity index (χ1v) is 12.3. The third kappa shape index (κ3) is 8.51.